The molecule has 92 valence electrons. The average molecular weight is 242 g/mol. The van der Waals surface area contributed by atoms with Gasteiger partial charge in [-0.05, 0) is 18.6 Å². The zero-order valence-corrected chi connectivity index (χ0v) is 10.4. The number of hydrogen-bond donors (Lipinski definition) is 0. The first-order valence-corrected chi connectivity index (χ1v) is 6.02. The molecule has 1 aromatic carbocycles. The molecule has 0 aliphatic rings. The quantitative estimate of drug-likeness (QED) is 0.706. The number of fused-ring (bicyclic) bond motifs is 3. The predicted octanol–water partition coefficient (Wildman–Crippen LogP) is 2.24. The van der Waals surface area contributed by atoms with Gasteiger partial charge in [0, 0.05) is 6.42 Å². The molecular formula is C13H14N4O. The maximum atomic E-state index is 5.29. The van der Waals surface area contributed by atoms with Crippen LogP contribution >= 0.6 is 0 Å². The molecular weight excluding hydrogens is 228 g/mol. The van der Waals surface area contributed by atoms with Crippen LogP contribution in [0.5, 0.6) is 5.88 Å². The van der Waals surface area contributed by atoms with E-state index in [1.165, 1.54) is 0 Å². The Morgan fingerprint density at radius 2 is 2.06 bits per heavy atom. The lowest BCUT2D eigenvalue weighted by molar-refractivity contribution is 0.402. The van der Waals surface area contributed by atoms with Crippen molar-refractivity contribution >= 4 is 16.7 Å². The third kappa shape index (κ3) is 1.51. The van der Waals surface area contributed by atoms with Gasteiger partial charge in [0.2, 0.25) is 5.65 Å². The average Bonchev–Trinajstić information content (AvgIpc) is 2.83. The SMILES string of the molecule is CCCc1nnc2c(OC)nc3ccccc3n12. The third-order valence-electron chi connectivity index (χ3n) is 2.93. The fourth-order valence-corrected chi connectivity index (χ4v) is 2.14. The molecule has 0 atom stereocenters. The zero-order valence-electron chi connectivity index (χ0n) is 10.4. The first-order chi connectivity index (χ1) is 8.85. The molecule has 0 unspecified atom stereocenters. The lowest BCUT2D eigenvalue weighted by atomic mass is 10.2. The Bertz CT molecular complexity index is 705. The number of rotatable bonds is 3. The monoisotopic (exact) mass is 242 g/mol. The number of hydrogen-bond acceptors (Lipinski definition) is 4. The van der Waals surface area contributed by atoms with E-state index < -0.39 is 0 Å². The molecule has 3 rings (SSSR count). The largest absolute Gasteiger partial charge is 0.478 e. The fraction of sp³-hybridized carbons (Fsp3) is 0.308. The zero-order chi connectivity index (χ0) is 12.5. The number of aromatic nitrogens is 4. The lowest BCUT2D eigenvalue weighted by Crippen LogP contribution is -2.00. The minimum Gasteiger partial charge on any atom is -0.478 e. The van der Waals surface area contributed by atoms with E-state index in [-0.39, 0.29) is 0 Å². The van der Waals surface area contributed by atoms with Crippen LogP contribution in [-0.4, -0.2) is 26.7 Å². The summed E-state index contributed by atoms with van der Waals surface area (Å²) in [5, 5.41) is 8.42. The highest BCUT2D eigenvalue weighted by Crippen LogP contribution is 2.23. The summed E-state index contributed by atoms with van der Waals surface area (Å²) in [6.45, 7) is 2.13. The summed E-state index contributed by atoms with van der Waals surface area (Å²) in [5.74, 6) is 1.47. The van der Waals surface area contributed by atoms with E-state index in [1.807, 2.05) is 28.7 Å². The maximum Gasteiger partial charge on any atom is 0.260 e. The molecule has 18 heavy (non-hydrogen) atoms. The standard InChI is InChI=1S/C13H14N4O/c1-3-6-11-15-16-12-13(18-2)14-9-7-4-5-8-10(9)17(11)12/h4-5,7-8H,3,6H2,1-2H3. The van der Waals surface area contributed by atoms with Gasteiger partial charge < -0.3 is 4.74 Å². The topological polar surface area (TPSA) is 52.3 Å². The van der Waals surface area contributed by atoms with Crippen molar-refractivity contribution in [2.75, 3.05) is 7.11 Å². The van der Waals surface area contributed by atoms with Gasteiger partial charge in [-0.3, -0.25) is 4.40 Å². The Balaban J connectivity index is 2.44. The number of benzene rings is 1. The van der Waals surface area contributed by atoms with Gasteiger partial charge in [0.05, 0.1) is 18.1 Å². The number of para-hydroxylation sites is 2. The summed E-state index contributed by atoms with van der Waals surface area (Å²) in [6.07, 6.45) is 1.91. The van der Waals surface area contributed by atoms with Gasteiger partial charge in [-0.15, -0.1) is 10.2 Å². The fourth-order valence-electron chi connectivity index (χ4n) is 2.14. The highest BCUT2D eigenvalue weighted by Gasteiger charge is 2.14. The summed E-state index contributed by atoms with van der Waals surface area (Å²) in [4.78, 5) is 4.45. The predicted molar refractivity (Wildman–Crippen MR) is 68.8 cm³/mol. The van der Waals surface area contributed by atoms with E-state index >= 15 is 0 Å². The molecule has 0 radical (unpaired) electrons. The van der Waals surface area contributed by atoms with E-state index in [2.05, 4.69) is 22.1 Å². The smallest absolute Gasteiger partial charge is 0.260 e. The third-order valence-corrected chi connectivity index (χ3v) is 2.93. The van der Waals surface area contributed by atoms with Crippen LogP contribution in [0.3, 0.4) is 0 Å². The Morgan fingerprint density at radius 1 is 1.22 bits per heavy atom. The van der Waals surface area contributed by atoms with Crippen LogP contribution in [0, 0.1) is 0 Å². The van der Waals surface area contributed by atoms with E-state index in [0.717, 1.165) is 29.7 Å². The van der Waals surface area contributed by atoms with Crippen molar-refractivity contribution in [1.82, 2.24) is 19.6 Å². The highest BCUT2D eigenvalue weighted by molar-refractivity contribution is 5.79. The van der Waals surface area contributed by atoms with E-state index in [1.54, 1.807) is 7.11 Å². The van der Waals surface area contributed by atoms with Crippen molar-refractivity contribution in [3.63, 3.8) is 0 Å². The second kappa shape index (κ2) is 4.25. The molecule has 0 bridgehead atoms. The molecule has 0 amide bonds. The van der Waals surface area contributed by atoms with E-state index in [9.17, 15) is 0 Å². The molecule has 0 fully saturated rings. The molecule has 0 saturated carbocycles. The molecule has 3 aromatic rings. The van der Waals surface area contributed by atoms with Crippen LogP contribution in [-0.2, 0) is 6.42 Å². The molecule has 2 heterocycles. The van der Waals surface area contributed by atoms with Gasteiger partial charge in [0.15, 0.2) is 0 Å². The molecule has 5 nitrogen and oxygen atoms in total. The molecule has 0 saturated heterocycles. The number of methoxy groups -OCH3 is 1. The highest BCUT2D eigenvalue weighted by atomic mass is 16.5. The van der Waals surface area contributed by atoms with Gasteiger partial charge in [-0.25, -0.2) is 4.98 Å². The van der Waals surface area contributed by atoms with Crippen LogP contribution in [0.2, 0.25) is 0 Å². The van der Waals surface area contributed by atoms with Crippen LogP contribution in [0.1, 0.15) is 19.2 Å². The number of nitrogens with zero attached hydrogens (tertiary/aromatic N) is 4. The normalized spacial score (nSPS) is 11.2. The summed E-state index contributed by atoms with van der Waals surface area (Å²) in [7, 11) is 1.60. The van der Waals surface area contributed by atoms with Crippen molar-refractivity contribution < 1.29 is 4.74 Å². The Morgan fingerprint density at radius 3 is 2.83 bits per heavy atom. The molecule has 0 aliphatic heterocycles. The Kier molecular flexibility index (Phi) is 2.59. The van der Waals surface area contributed by atoms with Crippen LogP contribution in [0.15, 0.2) is 24.3 Å². The molecule has 0 spiro atoms. The summed E-state index contributed by atoms with van der Waals surface area (Å²) >= 11 is 0. The lowest BCUT2D eigenvalue weighted by Gasteiger charge is -2.06. The second-order valence-corrected chi connectivity index (χ2v) is 4.14. The Labute approximate surface area is 104 Å². The van der Waals surface area contributed by atoms with Crippen molar-refractivity contribution in [1.29, 1.82) is 0 Å². The van der Waals surface area contributed by atoms with E-state index in [4.69, 9.17) is 4.74 Å². The first-order valence-electron chi connectivity index (χ1n) is 6.02. The Hall–Kier alpha value is -2.17. The van der Waals surface area contributed by atoms with Crippen LogP contribution in [0.25, 0.3) is 16.7 Å². The molecule has 5 heteroatoms. The molecule has 2 aromatic heterocycles. The van der Waals surface area contributed by atoms with Crippen LogP contribution in [0.4, 0.5) is 0 Å². The first kappa shape index (κ1) is 11.0. The minimum atomic E-state index is 0.517. The van der Waals surface area contributed by atoms with Gasteiger partial charge in [-0.2, -0.15) is 0 Å². The number of ether oxygens (including phenoxy) is 1. The van der Waals surface area contributed by atoms with E-state index in [0.29, 0.717) is 11.5 Å². The van der Waals surface area contributed by atoms with Crippen molar-refractivity contribution in [3.05, 3.63) is 30.1 Å². The summed E-state index contributed by atoms with van der Waals surface area (Å²) in [5.41, 5.74) is 2.58. The number of aryl methyl sites for hydroxylation is 1. The van der Waals surface area contributed by atoms with Gasteiger partial charge in [0.25, 0.3) is 5.88 Å². The van der Waals surface area contributed by atoms with Crippen LogP contribution < -0.4 is 4.74 Å². The minimum absolute atomic E-state index is 0.517. The molecule has 0 N–H and O–H groups in total. The summed E-state index contributed by atoms with van der Waals surface area (Å²) < 4.78 is 7.33. The van der Waals surface area contributed by atoms with Gasteiger partial charge in [0.1, 0.15) is 5.82 Å². The molecule has 0 aliphatic carbocycles. The maximum absolute atomic E-state index is 5.29. The van der Waals surface area contributed by atoms with Crippen molar-refractivity contribution in [2.24, 2.45) is 0 Å². The second-order valence-electron chi connectivity index (χ2n) is 4.14. The van der Waals surface area contributed by atoms with Gasteiger partial charge in [-0.1, -0.05) is 19.1 Å². The summed E-state index contributed by atoms with van der Waals surface area (Å²) in [6, 6.07) is 7.94. The van der Waals surface area contributed by atoms with Gasteiger partial charge >= 0.3 is 0 Å². The van der Waals surface area contributed by atoms with Crippen molar-refractivity contribution in [3.8, 4) is 5.88 Å². The van der Waals surface area contributed by atoms with Crippen molar-refractivity contribution in [2.45, 2.75) is 19.8 Å².